The first-order chi connectivity index (χ1) is 8.37. The Morgan fingerprint density at radius 1 is 1.67 bits per heavy atom. The molecule has 1 fully saturated rings. The summed E-state index contributed by atoms with van der Waals surface area (Å²) in [6.07, 6.45) is 0.507. The molecule has 18 heavy (non-hydrogen) atoms. The molecule has 1 aromatic heterocycles. The minimum absolute atomic E-state index is 0.142. The van der Waals surface area contributed by atoms with E-state index < -0.39 is 15.6 Å². The van der Waals surface area contributed by atoms with Gasteiger partial charge in [0.15, 0.2) is 0 Å². The molecule has 0 spiro atoms. The molecule has 1 aliphatic heterocycles. The highest BCUT2D eigenvalue weighted by molar-refractivity contribution is 7.89. The summed E-state index contributed by atoms with van der Waals surface area (Å²) in [6, 6.07) is 1.50. The smallest absolute Gasteiger partial charge is 0.241 e. The maximum Gasteiger partial charge on any atom is 0.241 e. The Kier molecular flexibility index (Phi) is 3.80. The summed E-state index contributed by atoms with van der Waals surface area (Å²) in [7, 11) is -3.56. The molecule has 2 rings (SSSR count). The molecule has 0 aliphatic carbocycles. The molecule has 0 saturated carbocycles. The molecule has 7 heteroatoms. The van der Waals surface area contributed by atoms with E-state index in [1.54, 1.807) is 0 Å². The predicted octanol–water partition coefficient (Wildman–Crippen LogP) is 1.09. The van der Waals surface area contributed by atoms with E-state index in [2.05, 4.69) is 4.72 Å². The highest BCUT2D eigenvalue weighted by atomic mass is 32.2. The van der Waals surface area contributed by atoms with Gasteiger partial charge in [0, 0.05) is 16.9 Å². The zero-order valence-electron chi connectivity index (χ0n) is 10.3. The number of aliphatic hydroxyl groups excluding tert-OH is 1. The van der Waals surface area contributed by atoms with E-state index in [4.69, 9.17) is 9.84 Å². The Morgan fingerprint density at radius 3 is 2.89 bits per heavy atom. The molecule has 2 unspecified atom stereocenters. The van der Waals surface area contributed by atoms with Crippen molar-refractivity contribution in [1.82, 2.24) is 4.72 Å². The fourth-order valence-corrected chi connectivity index (χ4v) is 4.55. The first kappa shape index (κ1) is 14.0. The van der Waals surface area contributed by atoms with Gasteiger partial charge in [-0.15, -0.1) is 11.3 Å². The fraction of sp³-hybridized carbons (Fsp3) is 0.636. The number of sulfonamides is 1. The highest BCUT2D eigenvalue weighted by Crippen LogP contribution is 2.28. The molecule has 0 aromatic carbocycles. The van der Waals surface area contributed by atoms with Gasteiger partial charge in [0.25, 0.3) is 0 Å². The van der Waals surface area contributed by atoms with Gasteiger partial charge in [-0.25, -0.2) is 13.1 Å². The summed E-state index contributed by atoms with van der Waals surface area (Å²) >= 11 is 1.23. The standard InChI is InChI=1S/C11H17NO4S2/c1-8-11(2,3-4-16-8)12-18(14,15)10-5-9(6-13)17-7-10/h5,7-8,12-13H,3-4,6H2,1-2H3. The number of thiophene rings is 1. The summed E-state index contributed by atoms with van der Waals surface area (Å²) in [6.45, 7) is 4.13. The van der Waals surface area contributed by atoms with E-state index in [1.165, 1.54) is 22.8 Å². The Balaban J connectivity index is 2.22. The van der Waals surface area contributed by atoms with Crippen molar-refractivity contribution in [3.8, 4) is 0 Å². The molecule has 1 aliphatic rings. The van der Waals surface area contributed by atoms with Gasteiger partial charge in [-0.1, -0.05) is 0 Å². The van der Waals surface area contributed by atoms with Crippen LogP contribution >= 0.6 is 11.3 Å². The topological polar surface area (TPSA) is 75.6 Å². The van der Waals surface area contributed by atoms with Crippen molar-refractivity contribution in [2.24, 2.45) is 0 Å². The molecule has 0 radical (unpaired) electrons. The molecule has 5 nitrogen and oxygen atoms in total. The van der Waals surface area contributed by atoms with Gasteiger partial charge in [-0.3, -0.25) is 0 Å². The number of nitrogens with one attached hydrogen (secondary N) is 1. The van der Waals surface area contributed by atoms with E-state index in [-0.39, 0.29) is 17.6 Å². The Morgan fingerprint density at radius 2 is 2.39 bits per heavy atom. The van der Waals surface area contributed by atoms with Crippen LogP contribution in [0.4, 0.5) is 0 Å². The summed E-state index contributed by atoms with van der Waals surface area (Å²) in [4.78, 5) is 0.841. The Bertz CT molecular complexity index is 525. The van der Waals surface area contributed by atoms with Crippen LogP contribution in [0.2, 0.25) is 0 Å². The lowest BCUT2D eigenvalue weighted by Gasteiger charge is -2.28. The third-order valence-corrected chi connectivity index (χ3v) is 6.01. The second-order valence-corrected chi connectivity index (χ2v) is 7.37. The summed E-state index contributed by atoms with van der Waals surface area (Å²) in [5.41, 5.74) is -0.569. The maximum atomic E-state index is 12.2. The molecule has 2 N–H and O–H groups in total. The van der Waals surface area contributed by atoms with Crippen molar-refractivity contribution >= 4 is 21.4 Å². The van der Waals surface area contributed by atoms with E-state index in [0.717, 1.165) is 0 Å². The number of aliphatic hydroxyl groups is 1. The summed E-state index contributed by atoms with van der Waals surface area (Å²) in [5.74, 6) is 0. The first-order valence-electron chi connectivity index (χ1n) is 5.71. The van der Waals surface area contributed by atoms with Crippen LogP contribution in [0.5, 0.6) is 0 Å². The summed E-state index contributed by atoms with van der Waals surface area (Å²) < 4.78 is 32.6. The lowest BCUT2D eigenvalue weighted by molar-refractivity contribution is 0.0957. The van der Waals surface area contributed by atoms with Crippen LogP contribution in [0.3, 0.4) is 0 Å². The van der Waals surface area contributed by atoms with Gasteiger partial charge in [0.1, 0.15) is 0 Å². The van der Waals surface area contributed by atoms with Crippen LogP contribution in [0.25, 0.3) is 0 Å². The Hall–Kier alpha value is -0.470. The molecule has 2 heterocycles. The summed E-state index contributed by atoms with van der Waals surface area (Å²) in [5, 5.41) is 10.5. The fourth-order valence-electron chi connectivity index (χ4n) is 1.92. The number of ether oxygens (including phenoxy) is 1. The monoisotopic (exact) mass is 291 g/mol. The number of rotatable bonds is 4. The SMILES string of the molecule is CC1OCCC1(C)NS(=O)(=O)c1csc(CO)c1. The Labute approximate surface area is 111 Å². The molecular weight excluding hydrogens is 274 g/mol. The molecular formula is C11H17NO4S2. The normalized spacial score (nSPS) is 28.7. The minimum atomic E-state index is -3.56. The van der Waals surface area contributed by atoms with Crippen LogP contribution < -0.4 is 4.72 Å². The van der Waals surface area contributed by atoms with E-state index in [9.17, 15) is 8.42 Å². The van der Waals surface area contributed by atoms with Crippen LogP contribution in [0, 0.1) is 0 Å². The van der Waals surface area contributed by atoms with E-state index in [1.807, 2.05) is 13.8 Å². The molecule has 0 bridgehead atoms. The second-order valence-electron chi connectivity index (χ2n) is 4.69. The van der Waals surface area contributed by atoms with Crippen LogP contribution in [-0.4, -0.2) is 31.8 Å². The van der Waals surface area contributed by atoms with Gasteiger partial charge >= 0.3 is 0 Å². The largest absolute Gasteiger partial charge is 0.391 e. The number of hydrogen-bond donors (Lipinski definition) is 2. The zero-order chi connectivity index (χ0) is 13.4. The van der Waals surface area contributed by atoms with Crippen LogP contribution in [-0.2, 0) is 21.4 Å². The molecule has 1 aromatic rings. The van der Waals surface area contributed by atoms with Crippen molar-refractivity contribution in [3.63, 3.8) is 0 Å². The minimum Gasteiger partial charge on any atom is -0.391 e. The van der Waals surface area contributed by atoms with Crippen LogP contribution in [0.1, 0.15) is 25.1 Å². The predicted molar refractivity (Wildman–Crippen MR) is 69.0 cm³/mol. The van der Waals surface area contributed by atoms with Crippen LogP contribution in [0.15, 0.2) is 16.3 Å². The average molecular weight is 291 g/mol. The van der Waals surface area contributed by atoms with E-state index in [0.29, 0.717) is 17.9 Å². The van der Waals surface area contributed by atoms with Gasteiger partial charge in [0.2, 0.25) is 10.0 Å². The van der Waals surface area contributed by atoms with Crippen molar-refractivity contribution < 1.29 is 18.3 Å². The van der Waals surface area contributed by atoms with Crippen molar-refractivity contribution in [1.29, 1.82) is 0 Å². The van der Waals surface area contributed by atoms with Crippen molar-refractivity contribution in [2.45, 2.75) is 43.4 Å². The van der Waals surface area contributed by atoms with Gasteiger partial charge < -0.3 is 9.84 Å². The molecule has 2 atom stereocenters. The lowest BCUT2D eigenvalue weighted by Crippen LogP contribution is -2.50. The molecule has 0 amide bonds. The lowest BCUT2D eigenvalue weighted by atomic mass is 9.97. The zero-order valence-corrected chi connectivity index (χ0v) is 12.0. The van der Waals surface area contributed by atoms with E-state index >= 15 is 0 Å². The molecule has 102 valence electrons. The maximum absolute atomic E-state index is 12.2. The quantitative estimate of drug-likeness (QED) is 0.870. The van der Waals surface area contributed by atoms with Gasteiger partial charge in [-0.05, 0) is 26.3 Å². The van der Waals surface area contributed by atoms with Gasteiger partial charge in [-0.2, -0.15) is 0 Å². The van der Waals surface area contributed by atoms with Crippen molar-refractivity contribution in [2.75, 3.05) is 6.61 Å². The average Bonchev–Trinajstić information content (AvgIpc) is 2.87. The molecule has 1 saturated heterocycles. The van der Waals surface area contributed by atoms with Crippen molar-refractivity contribution in [3.05, 3.63) is 16.3 Å². The van der Waals surface area contributed by atoms with Gasteiger partial charge in [0.05, 0.1) is 23.1 Å². The third kappa shape index (κ3) is 2.60. The third-order valence-electron chi connectivity index (χ3n) is 3.35. The highest BCUT2D eigenvalue weighted by Gasteiger charge is 2.40. The number of hydrogen-bond acceptors (Lipinski definition) is 5. The first-order valence-corrected chi connectivity index (χ1v) is 8.07. The second kappa shape index (κ2) is 4.90.